The minimum Gasteiger partial charge on any atom is -0.483 e. The summed E-state index contributed by atoms with van der Waals surface area (Å²) in [6.07, 6.45) is 4.47. The first-order valence-electron chi connectivity index (χ1n) is 10.9. The quantitative estimate of drug-likeness (QED) is 0.609. The number of nitrogens with one attached hydrogen (secondary N) is 2. The van der Waals surface area contributed by atoms with Gasteiger partial charge in [0.25, 0.3) is 6.47 Å². The standard InChI is InChI=1S/C21H29N5O2.CH2O2/c1-2-25(14-11-19-23-17-5-3-4-6-18(17)24-19)21(28)22-16-9-12-26(13-10-16)20(27)15-7-8-15;2-1-3/h3-6,15-16H,2,7-14H2,1H3,(H,22,28)(H,23,24);1H,(H,2,3). The molecule has 2 aliphatic rings. The third-order valence-corrected chi connectivity index (χ3v) is 5.79. The number of imidazole rings is 1. The maximum atomic E-state index is 12.7. The molecule has 1 aromatic carbocycles. The maximum absolute atomic E-state index is 12.7. The predicted octanol–water partition coefficient (Wildman–Crippen LogP) is 2.24. The van der Waals surface area contributed by atoms with Crippen LogP contribution in [0, 0.1) is 5.92 Å². The van der Waals surface area contributed by atoms with Gasteiger partial charge in [-0.2, -0.15) is 0 Å². The van der Waals surface area contributed by atoms with Crippen LogP contribution in [-0.2, 0) is 16.0 Å². The number of rotatable bonds is 6. The first-order valence-corrected chi connectivity index (χ1v) is 10.9. The molecule has 9 heteroatoms. The van der Waals surface area contributed by atoms with E-state index < -0.39 is 0 Å². The average molecular weight is 430 g/mol. The van der Waals surface area contributed by atoms with Gasteiger partial charge in [-0.25, -0.2) is 9.78 Å². The van der Waals surface area contributed by atoms with Crippen molar-refractivity contribution in [2.75, 3.05) is 26.2 Å². The molecule has 0 bridgehead atoms. The van der Waals surface area contributed by atoms with Gasteiger partial charge in [0.1, 0.15) is 5.82 Å². The zero-order valence-corrected chi connectivity index (χ0v) is 17.9. The molecule has 9 nitrogen and oxygen atoms in total. The Morgan fingerprint density at radius 3 is 2.55 bits per heavy atom. The third kappa shape index (κ3) is 6.19. The van der Waals surface area contributed by atoms with E-state index in [9.17, 15) is 9.59 Å². The fourth-order valence-electron chi connectivity index (χ4n) is 3.87. The molecule has 0 unspecified atom stereocenters. The van der Waals surface area contributed by atoms with Crippen molar-refractivity contribution in [3.05, 3.63) is 30.1 Å². The molecular weight excluding hydrogens is 398 g/mol. The summed E-state index contributed by atoms with van der Waals surface area (Å²) < 4.78 is 0. The highest BCUT2D eigenvalue weighted by molar-refractivity contribution is 5.81. The Hall–Kier alpha value is -3.10. The first kappa shape index (κ1) is 22.6. The summed E-state index contributed by atoms with van der Waals surface area (Å²) in [5, 5.41) is 10.0. The number of para-hydroxylation sites is 2. The number of H-pyrrole nitrogens is 1. The van der Waals surface area contributed by atoms with Crippen molar-refractivity contribution in [2.24, 2.45) is 5.92 Å². The number of likely N-dealkylation sites (tertiary alicyclic amines) is 1. The van der Waals surface area contributed by atoms with Crippen LogP contribution in [0.3, 0.4) is 0 Å². The number of benzene rings is 1. The molecule has 1 aliphatic carbocycles. The highest BCUT2D eigenvalue weighted by atomic mass is 16.3. The number of amides is 3. The number of hydrogen-bond donors (Lipinski definition) is 3. The van der Waals surface area contributed by atoms with E-state index in [4.69, 9.17) is 9.90 Å². The molecule has 1 aromatic heterocycles. The summed E-state index contributed by atoms with van der Waals surface area (Å²) >= 11 is 0. The summed E-state index contributed by atoms with van der Waals surface area (Å²) in [7, 11) is 0. The van der Waals surface area contributed by atoms with Gasteiger partial charge in [0, 0.05) is 44.6 Å². The van der Waals surface area contributed by atoms with E-state index in [0.717, 1.165) is 55.6 Å². The maximum Gasteiger partial charge on any atom is 0.317 e. The SMILES string of the molecule is CCN(CCc1nc2ccccc2[nH]1)C(=O)NC1CCN(C(=O)C2CC2)CC1.O=CO. The van der Waals surface area contributed by atoms with Gasteiger partial charge < -0.3 is 25.2 Å². The number of hydrogen-bond acceptors (Lipinski definition) is 4. The van der Waals surface area contributed by atoms with Crippen LogP contribution in [-0.4, -0.2) is 75.5 Å². The monoisotopic (exact) mass is 429 g/mol. The molecule has 1 saturated heterocycles. The van der Waals surface area contributed by atoms with Crippen LogP contribution in [0.1, 0.15) is 38.4 Å². The minimum absolute atomic E-state index is 0.0226. The highest BCUT2D eigenvalue weighted by Crippen LogP contribution is 2.31. The van der Waals surface area contributed by atoms with Gasteiger partial charge in [-0.15, -0.1) is 0 Å². The Balaban J connectivity index is 0.000000858. The number of carboxylic acid groups (broad SMARTS) is 1. The largest absolute Gasteiger partial charge is 0.483 e. The number of aromatic amines is 1. The van der Waals surface area contributed by atoms with Gasteiger partial charge in [0.15, 0.2) is 0 Å². The van der Waals surface area contributed by atoms with Crippen LogP contribution in [0.4, 0.5) is 4.79 Å². The number of fused-ring (bicyclic) bond motifs is 1. The molecule has 0 spiro atoms. The summed E-state index contributed by atoms with van der Waals surface area (Å²) in [5.74, 6) is 1.49. The Bertz CT molecular complexity index is 854. The van der Waals surface area contributed by atoms with Gasteiger partial charge in [-0.3, -0.25) is 9.59 Å². The molecule has 1 saturated carbocycles. The molecule has 3 N–H and O–H groups in total. The zero-order valence-electron chi connectivity index (χ0n) is 17.9. The van der Waals surface area contributed by atoms with E-state index in [1.165, 1.54) is 0 Å². The van der Waals surface area contributed by atoms with Gasteiger partial charge >= 0.3 is 6.03 Å². The molecule has 1 aliphatic heterocycles. The smallest absolute Gasteiger partial charge is 0.317 e. The summed E-state index contributed by atoms with van der Waals surface area (Å²) in [6, 6.07) is 8.08. The van der Waals surface area contributed by atoms with Crippen LogP contribution in [0.25, 0.3) is 11.0 Å². The lowest BCUT2D eigenvalue weighted by Gasteiger charge is -2.33. The van der Waals surface area contributed by atoms with Crippen LogP contribution in [0.5, 0.6) is 0 Å². The second-order valence-electron chi connectivity index (χ2n) is 7.96. The van der Waals surface area contributed by atoms with Gasteiger partial charge in [0.2, 0.25) is 5.91 Å². The molecule has 4 rings (SSSR count). The summed E-state index contributed by atoms with van der Waals surface area (Å²) in [6.45, 7) is 4.54. The lowest BCUT2D eigenvalue weighted by molar-refractivity contribution is -0.133. The van der Waals surface area contributed by atoms with E-state index in [-0.39, 0.29) is 24.5 Å². The molecule has 168 valence electrons. The van der Waals surface area contributed by atoms with Crippen molar-refractivity contribution in [3.8, 4) is 0 Å². The van der Waals surface area contributed by atoms with Gasteiger partial charge in [0.05, 0.1) is 11.0 Å². The molecule has 2 fully saturated rings. The number of aromatic nitrogens is 2. The van der Waals surface area contributed by atoms with E-state index in [0.29, 0.717) is 25.4 Å². The van der Waals surface area contributed by atoms with E-state index in [2.05, 4.69) is 15.3 Å². The number of piperidine rings is 1. The van der Waals surface area contributed by atoms with Crippen LogP contribution in [0.15, 0.2) is 24.3 Å². The second kappa shape index (κ2) is 10.8. The fourth-order valence-corrected chi connectivity index (χ4v) is 3.87. The number of likely N-dealkylation sites (N-methyl/N-ethyl adjacent to an activating group) is 1. The molecule has 3 amide bonds. The molecular formula is C22H31N5O4. The van der Waals surface area contributed by atoms with Crippen molar-refractivity contribution in [2.45, 2.75) is 45.1 Å². The van der Waals surface area contributed by atoms with Gasteiger partial charge in [-0.05, 0) is 44.7 Å². The highest BCUT2D eigenvalue weighted by Gasteiger charge is 2.35. The molecule has 2 heterocycles. The van der Waals surface area contributed by atoms with Crippen LogP contribution < -0.4 is 5.32 Å². The first-order chi connectivity index (χ1) is 15.0. The molecule has 0 radical (unpaired) electrons. The van der Waals surface area contributed by atoms with Crippen molar-refractivity contribution in [3.63, 3.8) is 0 Å². The second-order valence-corrected chi connectivity index (χ2v) is 7.96. The lowest BCUT2D eigenvalue weighted by Crippen LogP contribution is -2.50. The lowest BCUT2D eigenvalue weighted by atomic mass is 10.0. The van der Waals surface area contributed by atoms with E-state index in [1.807, 2.05) is 41.0 Å². The van der Waals surface area contributed by atoms with Crippen LogP contribution in [0.2, 0.25) is 0 Å². The molecule has 0 atom stereocenters. The average Bonchev–Trinajstić information content (AvgIpc) is 3.54. The van der Waals surface area contributed by atoms with E-state index >= 15 is 0 Å². The number of carbonyl (C=O) groups is 3. The fraction of sp³-hybridized carbons (Fsp3) is 0.545. The van der Waals surface area contributed by atoms with E-state index in [1.54, 1.807) is 0 Å². The molecule has 31 heavy (non-hydrogen) atoms. The zero-order chi connectivity index (χ0) is 22.2. The van der Waals surface area contributed by atoms with Crippen molar-refractivity contribution < 1.29 is 19.5 Å². The van der Waals surface area contributed by atoms with Crippen molar-refractivity contribution >= 4 is 29.4 Å². The molecule has 2 aromatic rings. The Kier molecular flexibility index (Phi) is 7.86. The van der Waals surface area contributed by atoms with Crippen molar-refractivity contribution in [1.29, 1.82) is 0 Å². The minimum atomic E-state index is -0.250. The van der Waals surface area contributed by atoms with Crippen LogP contribution >= 0.6 is 0 Å². The topological polar surface area (TPSA) is 119 Å². The van der Waals surface area contributed by atoms with Gasteiger partial charge in [-0.1, -0.05) is 12.1 Å². The summed E-state index contributed by atoms with van der Waals surface area (Å²) in [4.78, 5) is 44.9. The Labute approximate surface area is 181 Å². The number of urea groups is 1. The Morgan fingerprint density at radius 2 is 1.94 bits per heavy atom. The predicted molar refractivity (Wildman–Crippen MR) is 117 cm³/mol. The van der Waals surface area contributed by atoms with Crippen molar-refractivity contribution in [1.82, 2.24) is 25.1 Å². The Morgan fingerprint density at radius 1 is 1.26 bits per heavy atom. The normalized spacial score (nSPS) is 16.4. The summed E-state index contributed by atoms with van der Waals surface area (Å²) in [5.41, 5.74) is 1.98. The number of nitrogens with zero attached hydrogens (tertiary/aromatic N) is 3. The third-order valence-electron chi connectivity index (χ3n) is 5.79. The number of carbonyl (C=O) groups excluding carboxylic acids is 2.